The van der Waals surface area contributed by atoms with Gasteiger partial charge in [0.2, 0.25) is 0 Å². The minimum absolute atomic E-state index is 0.129. The molecule has 0 saturated heterocycles. The Hall–Kier alpha value is -1.55. The monoisotopic (exact) mass is 290 g/mol. The van der Waals surface area contributed by atoms with E-state index in [1.807, 2.05) is 0 Å². The average Bonchev–Trinajstić information content (AvgIpc) is 2.81. The molecular weight excluding hydrogens is 264 g/mol. The molecule has 0 bridgehead atoms. The fourth-order valence-corrected chi connectivity index (χ4v) is 3.19. The smallest absolute Gasteiger partial charge is 0.315 e. The lowest BCUT2D eigenvalue weighted by Gasteiger charge is -2.14. The molecule has 1 saturated carbocycles. The Morgan fingerprint density at radius 1 is 1.19 bits per heavy atom. The van der Waals surface area contributed by atoms with Crippen molar-refractivity contribution in [2.45, 2.75) is 52.7 Å². The lowest BCUT2D eigenvalue weighted by molar-refractivity contribution is 0.177. The van der Waals surface area contributed by atoms with Gasteiger partial charge in [-0.25, -0.2) is 4.79 Å². The number of urea groups is 1. The molecule has 4 nitrogen and oxygen atoms in total. The first-order chi connectivity index (χ1) is 9.95. The van der Waals surface area contributed by atoms with Crippen molar-refractivity contribution < 1.29 is 9.90 Å². The Morgan fingerprint density at radius 2 is 1.86 bits per heavy atom. The van der Waals surface area contributed by atoms with Crippen LogP contribution in [0.2, 0.25) is 0 Å². The van der Waals surface area contributed by atoms with Crippen molar-refractivity contribution in [1.82, 2.24) is 10.6 Å². The van der Waals surface area contributed by atoms with Crippen LogP contribution in [0.25, 0.3) is 0 Å². The molecule has 1 fully saturated rings. The topological polar surface area (TPSA) is 61.4 Å². The minimum Gasteiger partial charge on any atom is -0.393 e. The van der Waals surface area contributed by atoms with Crippen LogP contribution in [0.3, 0.4) is 0 Å². The van der Waals surface area contributed by atoms with Gasteiger partial charge < -0.3 is 15.7 Å². The van der Waals surface area contributed by atoms with E-state index in [0.29, 0.717) is 19.0 Å². The van der Waals surface area contributed by atoms with Crippen molar-refractivity contribution in [3.8, 4) is 0 Å². The molecule has 116 valence electrons. The van der Waals surface area contributed by atoms with Gasteiger partial charge in [0.25, 0.3) is 0 Å². The summed E-state index contributed by atoms with van der Waals surface area (Å²) >= 11 is 0. The zero-order chi connectivity index (χ0) is 15.4. The lowest BCUT2D eigenvalue weighted by atomic mass is 10.00. The lowest BCUT2D eigenvalue weighted by Crippen LogP contribution is -2.37. The predicted molar refractivity (Wildman–Crippen MR) is 84.2 cm³/mol. The van der Waals surface area contributed by atoms with E-state index in [0.717, 1.165) is 19.3 Å². The van der Waals surface area contributed by atoms with E-state index in [2.05, 4.69) is 43.5 Å². The number of hydrogen-bond acceptors (Lipinski definition) is 2. The van der Waals surface area contributed by atoms with E-state index < -0.39 is 0 Å². The van der Waals surface area contributed by atoms with Gasteiger partial charge in [-0.15, -0.1) is 0 Å². The van der Waals surface area contributed by atoms with Crippen LogP contribution < -0.4 is 10.6 Å². The van der Waals surface area contributed by atoms with Crippen molar-refractivity contribution in [2.75, 3.05) is 6.54 Å². The summed E-state index contributed by atoms with van der Waals surface area (Å²) in [6.07, 6.45) is 2.47. The standard InChI is InChI=1S/C17H26N2O2/c1-11-6-12(2)16(13(3)7-11)10-19-17(21)18-9-14-4-5-15(20)8-14/h6-7,14-15,20H,4-5,8-10H2,1-3H3,(H2,18,19,21)/t14-,15-/m0/s1. The van der Waals surface area contributed by atoms with E-state index in [9.17, 15) is 9.90 Å². The fourth-order valence-electron chi connectivity index (χ4n) is 3.19. The van der Waals surface area contributed by atoms with Crippen LogP contribution in [0.4, 0.5) is 4.79 Å². The van der Waals surface area contributed by atoms with Crippen molar-refractivity contribution in [2.24, 2.45) is 5.92 Å². The normalized spacial score (nSPS) is 21.3. The zero-order valence-electron chi connectivity index (χ0n) is 13.2. The SMILES string of the molecule is Cc1cc(C)c(CNC(=O)NC[C@H]2CC[C@H](O)C2)c(C)c1. The number of benzene rings is 1. The first kappa shape index (κ1) is 15.8. The summed E-state index contributed by atoms with van der Waals surface area (Å²) in [6.45, 7) is 7.44. The van der Waals surface area contributed by atoms with E-state index in [4.69, 9.17) is 0 Å². The van der Waals surface area contributed by atoms with Gasteiger partial charge in [-0.2, -0.15) is 0 Å². The van der Waals surface area contributed by atoms with Crippen LogP contribution in [0.5, 0.6) is 0 Å². The molecule has 0 heterocycles. The van der Waals surface area contributed by atoms with Crippen molar-refractivity contribution in [3.63, 3.8) is 0 Å². The van der Waals surface area contributed by atoms with Crippen LogP contribution in [-0.4, -0.2) is 23.8 Å². The Labute approximate surface area is 126 Å². The Bertz CT molecular complexity index is 491. The molecule has 3 N–H and O–H groups in total. The molecule has 0 aromatic heterocycles. The number of nitrogens with one attached hydrogen (secondary N) is 2. The van der Waals surface area contributed by atoms with E-state index in [-0.39, 0.29) is 12.1 Å². The molecule has 0 aliphatic heterocycles. The first-order valence-corrected chi connectivity index (χ1v) is 7.72. The van der Waals surface area contributed by atoms with E-state index in [1.165, 1.54) is 22.3 Å². The van der Waals surface area contributed by atoms with Gasteiger partial charge in [0, 0.05) is 13.1 Å². The van der Waals surface area contributed by atoms with Crippen LogP contribution in [0.15, 0.2) is 12.1 Å². The van der Waals surface area contributed by atoms with Crippen molar-refractivity contribution in [3.05, 3.63) is 34.4 Å². The van der Waals surface area contributed by atoms with Gasteiger partial charge in [0.15, 0.2) is 0 Å². The number of rotatable bonds is 4. The van der Waals surface area contributed by atoms with Crippen molar-refractivity contribution in [1.29, 1.82) is 0 Å². The summed E-state index contributed by atoms with van der Waals surface area (Å²) in [4.78, 5) is 11.9. The van der Waals surface area contributed by atoms with Gasteiger partial charge in [-0.1, -0.05) is 17.7 Å². The number of aliphatic hydroxyl groups excluding tert-OH is 1. The second-order valence-corrected chi connectivity index (χ2v) is 6.27. The Balaban J connectivity index is 1.79. The molecule has 1 aliphatic rings. The summed E-state index contributed by atoms with van der Waals surface area (Å²) in [5.74, 6) is 0.411. The maximum atomic E-state index is 11.9. The molecule has 1 aromatic carbocycles. The third kappa shape index (κ3) is 4.46. The fraction of sp³-hybridized carbons (Fsp3) is 0.588. The molecule has 2 rings (SSSR count). The summed E-state index contributed by atoms with van der Waals surface area (Å²) in [7, 11) is 0. The molecule has 0 spiro atoms. The van der Waals surface area contributed by atoms with Gasteiger partial charge in [0.1, 0.15) is 0 Å². The van der Waals surface area contributed by atoms with Crippen LogP contribution in [0.1, 0.15) is 41.5 Å². The highest BCUT2D eigenvalue weighted by Crippen LogP contribution is 2.24. The number of hydrogen-bond donors (Lipinski definition) is 3. The first-order valence-electron chi connectivity index (χ1n) is 7.72. The molecule has 1 aliphatic carbocycles. The molecular formula is C17H26N2O2. The van der Waals surface area contributed by atoms with Crippen LogP contribution in [-0.2, 0) is 6.54 Å². The molecule has 0 radical (unpaired) electrons. The quantitative estimate of drug-likeness (QED) is 0.798. The molecule has 2 atom stereocenters. The van der Waals surface area contributed by atoms with E-state index in [1.54, 1.807) is 0 Å². The Morgan fingerprint density at radius 3 is 2.43 bits per heavy atom. The van der Waals surface area contributed by atoms with Gasteiger partial charge in [-0.3, -0.25) is 0 Å². The van der Waals surface area contributed by atoms with Gasteiger partial charge >= 0.3 is 6.03 Å². The highest BCUT2D eigenvalue weighted by molar-refractivity contribution is 5.73. The Kier molecular flexibility index (Phi) is 5.23. The minimum atomic E-state index is -0.183. The summed E-state index contributed by atoms with van der Waals surface area (Å²) in [5.41, 5.74) is 4.86. The van der Waals surface area contributed by atoms with Gasteiger partial charge in [0.05, 0.1) is 6.10 Å². The molecule has 4 heteroatoms. The maximum Gasteiger partial charge on any atom is 0.315 e. The van der Waals surface area contributed by atoms with Crippen molar-refractivity contribution >= 4 is 6.03 Å². The molecule has 2 amide bonds. The number of carbonyl (C=O) groups is 1. The third-order valence-electron chi connectivity index (χ3n) is 4.33. The largest absolute Gasteiger partial charge is 0.393 e. The number of amides is 2. The third-order valence-corrected chi connectivity index (χ3v) is 4.33. The summed E-state index contributed by atoms with van der Waals surface area (Å²) in [5, 5.41) is 15.3. The van der Waals surface area contributed by atoms with Crippen LogP contribution in [0, 0.1) is 26.7 Å². The maximum absolute atomic E-state index is 11.9. The number of aryl methyl sites for hydroxylation is 3. The summed E-state index contributed by atoms with van der Waals surface area (Å²) in [6, 6.07) is 4.15. The van der Waals surface area contributed by atoms with Crippen LogP contribution >= 0.6 is 0 Å². The number of aliphatic hydroxyl groups is 1. The molecule has 1 aromatic rings. The zero-order valence-corrected chi connectivity index (χ0v) is 13.2. The highest BCUT2D eigenvalue weighted by atomic mass is 16.3. The summed E-state index contributed by atoms with van der Waals surface area (Å²) < 4.78 is 0. The molecule has 21 heavy (non-hydrogen) atoms. The van der Waals surface area contributed by atoms with Gasteiger partial charge in [-0.05, 0) is 62.6 Å². The average molecular weight is 290 g/mol. The number of carbonyl (C=O) groups excluding carboxylic acids is 1. The molecule has 0 unspecified atom stereocenters. The highest BCUT2D eigenvalue weighted by Gasteiger charge is 2.22. The predicted octanol–water partition coefficient (Wildman–Crippen LogP) is 2.57. The second-order valence-electron chi connectivity index (χ2n) is 6.27. The van der Waals surface area contributed by atoms with E-state index >= 15 is 0 Å². The second kappa shape index (κ2) is 6.94.